The van der Waals surface area contributed by atoms with Crippen molar-refractivity contribution in [1.29, 1.82) is 0 Å². The number of rotatable bonds is 7. The molecule has 7 nitrogen and oxygen atoms in total. The molecule has 1 heterocycles. The van der Waals surface area contributed by atoms with Crippen LogP contribution in [0.3, 0.4) is 0 Å². The molecular formula is C12H18N2O5S2. The molecule has 1 rings (SSSR count). The van der Waals surface area contributed by atoms with E-state index in [-0.39, 0.29) is 15.7 Å². The minimum atomic E-state index is -3.61. The lowest BCUT2D eigenvalue weighted by Crippen LogP contribution is -2.41. The topological polar surface area (TPSA) is 113 Å². The number of carbonyl (C=O) groups is 2. The molecule has 0 saturated carbocycles. The highest BCUT2D eigenvalue weighted by Crippen LogP contribution is 2.19. The molecule has 1 amide bonds. The SMILES string of the molecule is CNS(=O)(=O)c1csc(C(=O)N[C@@H](CC(C)C)C(=O)O)c1. The molecule has 0 aromatic carbocycles. The van der Waals surface area contributed by atoms with Gasteiger partial charge in [0.1, 0.15) is 6.04 Å². The number of carbonyl (C=O) groups excluding carboxylic acids is 1. The van der Waals surface area contributed by atoms with Crippen LogP contribution in [0.4, 0.5) is 0 Å². The third-order valence-corrected chi connectivity index (χ3v) is 5.16. The van der Waals surface area contributed by atoms with E-state index in [9.17, 15) is 18.0 Å². The fourth-order valence-corrected chi connectivity index (χ4v) is 3.53. The number of amides is 1. The van der Waals surface area contributed by atoms with Crippen LogP contribution in [0.1, 0.15) is 29.9 Å². The van der Waals surface area contributed by atoms with Crippen molar-refractivity contribution in [3.05, 3.63) is 16.3 Å². The maximum Gasteiger partial charge on any atom is 0.326 e. The Labute approximate surface area is 127 Å². The molecule has 0 aliphatic rings. The molecular weight excluding hydrogens is 316 g/mol. The lowest BCUT2D eigenvalue weighted by molar-refractivity contribution is -0.139. The number of thiophene rings is 1. The first-order valence-corrected chi connectivity index (χ1v) is 8.59. The van der Waals surface area contributed by atoms with E-state index in [4.69, 9.17) is 5.11 Å². The number of sulfonamides is 1. The highest BCUT2D eigenvalue weighted by atomic mass is 32.2. The van der Waals surface area contributed by atoms with Gasteiger partial charge in [0.15, 0.2) is 0 Å². The second-order valence-corrected chi connectivity index (χ2v) is 7.65. The summed E-state index contributed by atoms with van der Waals surface area (Å²) in [7, 11) is -2.34. The van der Waals surface area contributed by atoms with Crippen molar-refractivity contribution in [2.45, 2.75) is 31.2 Å². The summed E-state index contributed by atoms with van der Waals surface area (Å²) in [6.07, 6.45) is 0.300. The summed E-state index contributed by atoms with van der Waals surface area (Å²) in [4.78, 5) is 23.2. The number of carboxylic acid groups (broad SMARTS) is 1. The molecule has 0 fully saturated rings. The molecule has 3 N–H and O–H groups in total. The summed E-state index contributed by atoms with van der Waals surface area (Å²) in [5.41, 5.74) is 0. The van der Waals surface area contributed by atoms with Crippen molar-refractivity contribution >= 4 is 33.2 Å². The van der Waals surface area contributed by atoms with Crippen molar-refractivity contribution in [1.82, 2.24) is 10.0 Å². The van der Waals surface area contributed by atoms with Crippen LogP contribution in [0.15, 0.2) is 16.3 Å². The third-order valence-electron chi connectivity index (χ3n) is 2.69. The summed E-state index contributed by atoms with van der Waals surface area (Å²) in [6.45, 7) is 3.70. The van der Waals surface area contributed by atoms with Crippen molar-refractivity contribution in [2.24, 2.45) is 5.92 Å². The minimum Gasteiger partial charge on any atom is -0.480 e. The fraction of sp³-hybridized carbons (Fsp3) is 0.500. The van der Waals surface area contributed by atoms with Crippen LogP contribution in [0.2, 0.25) is 0 Å². The highest BCUT2D eigenvalue weighted by Gasteiger charge is 2.23. The van der Waals surface area contributed by atoms with Crippen molar-refractivity contribution in [2.75, 3.05) is 7.05 Å². The van der Waals surface area contributed by atoms with Gasteiger partial charge in [0.25, 0.3) is 5.91 Å². The predicted octanol–water partition coefficient (Wildman–Crippen LogP) is 0.885. The Bertz CT molecular complexity index is 621. The summed E-state index contributed by atoms with van der Waals surface area (Å²) in [5, 5.41) is 12.8. The van der Waals surface area contributed by atoms with Gasteiger partial charge >= 0.3 is 5.97 Å². The molecule has 9 heteroatoms. The monoisotopic (exact) mass is 334 g/mol. The van der Waals surface area contributed by atoms with Gasteiger partial charge < -0.3 is 10.4 Å². The standard InChI is InChI=1S/C12H18N2O5S2/c1-7(2)4-9(12(16)17)14-11(15)10-5-8(6-20-10)21(18,19)13-3/h5-7,9,13H,4H2,1-3H3,(H,14,15)(H,16,17)/t9-/m0/s1. The fourth-order valence-electron chi connectivity index (χ4n) is 1.62. The maximum absolute atomic E-state index is 12.0. The van der Waals surface area contributed by atoms with Crippen LogP contribution in [0.25, 0.3) is 0 Å². The Kier molecular flexibility index (Phi) is 5.87. The Balaban J connectivity index is 2.87. The second-order valence-electron chi connectivity index (χ2n) is 4.85. The summed E-state index contributed by atoms with van der Waals surface area (Å²) < 4.78 is 25.3. The zero-order chi connectivity index (χ0) is 16.2. The predicted molar refractivity (Wildman–Crippen MR) is 78.9 cm³/mol. The molecule has 0 saturated heterocycles. The van der Waals surface area contributed by atoms with E-state index in [1.165, 1.54) is 18.5 Å². The highest BCUT2D eigenvalue weighted by molar-refractivity contribution is 7.89. The molecule has 0 unspecified atom stereocenters. The van der Waals surface area contributed by atoms with Gasteiger partial charge in [0, 0.05) is 5.38 Å². The summed E-state index contributed by atoms with van der Waals surface area (Å²) in [6, 6.07) is 0.226. The van der Waals surface area contributed by atoms with Crippen LogP contribution >= 0.6 is 11.3 Å². The van der Waals surface area contributed by atoms with Crippen molar-refractivity contribution < 1.29 is 23.1 Å². The van der Waals surface area contributed by atoms with Crippen molar-refractivity contribution in [3.63, 3.8) is 0 Å². The molecule has 0 spiro atoms. The molecule has 118 valence electrons. The Morgan fingerprint density at radius 2 is 2.00 bits per heavy atom. The molecule has 1 atom stereocenters. The zero-order valence-corrected chi connectivity index (χ0v) is 13.5. The summed E-state index contributed by atoms with van der Waals surface area (Å²) in [5.74, 6) is -1.60. The Morgan fingerprint density at radius 1 is 1.38 bits per heavy atom. The minimum absolute atomic E-state index is 0.0177. The zero-order valence-electron chi connectivity index (χ0n) is 11.9. The first kappa shape index (κ1) is 17.6. The van der Waals surface area contributed by atoms with E-state index in [2.05, 4.69) is 10.0 Å². The van der Waals surface area contributed by atoms with Gasteiger partial charge in [0.05, 0.1) is 9.77 Å². The average molecular weight is 334 g/mol. The summed E-state index contributed by atoms with van der Waals surface area (Å²) >= 11 is 0.948. The molecule has 0 aliphatic heterocycles. The van der Waals surface area contributed by atoms with Crippen LogP contribution in [0.5, 0.6) is 0 Å². The van der Waals surface area contributed by atoms with Crippen LogP contribution in [0, 0.1) is 5.92 Å². The number of hydrogen-bond donors (Lipinski definition) is 3. The van der Waals surface area contributed by atoms with Gasteiger partial charge in [-0.25, -0.2) is 17.9 Å². The number of hydrogen-bond acceptors (Lipinski definition) is 5. The van der Waals surface area contributed by atoms with Crippen molar-refractivity contribution in [3.8, 4) is 0 Å². The van der Waals surface area contributed by atoms with Gasteiger partial charge in [0.2, 0.25) is 10.0 Å². The smallest absolute Gasteiger partial charge is 0.326 e. The van der Waals surface area contributed by atoms with Crippen LogP contribution in [-0.2, 0) is 14.8 Å². The molecule has 1 aromatic rings. The third kappa shape index (κ3) is 4.80. The maximum atomic E-state index is 12.0. The average Bonchev–Trinajstić information content (AvgIpc) is 2.87. The van der Waals surface area contributed by atoms with Gasteiger partial charge in [-0.2, -0.15) is 0 Å². The first-order chi connectivity index (χ1) is 9.67. The van der Waals surface area contributed by atoms with Gasteiger partial charge in [-0.1, -0.05) is 13.8 Å². The second kappa shape index (κ2) is 7.01. The van der Waals surface area contributed by atoms with E-state index in [1.807, 2.05) is 13.8 Å². The number of aliphatic carboxylic acids is 1. The van der Waals surface area contributed by atoms with E-state index >= 15 is 0 Å². The molecule has 0 radical (unpaired) electrons. The molecule has 0 bridgehead atoms. The van der Waals surface area contributed by atoms with Gasteiger partial charge in [-0.3, -0.25) is 4.79 Å². The van der Waals surface area contributed by atoms with Gasteiger partial charge in [-0.05, 0) is 25.5 Å². The van der Waals surface area contributed by atoms with E-state index in [1.54, 1.807) is 0 Å². The molecule has 21 heavy (non-hydrogen) atoms. The largest absolute Gasteiger partial charge is 0.480 e. The van der Waals surface area contributed by atoms with Gasteiger partial charge in [-0.15, -0.1) is 11.3 Å². The lowest BCUT2D eigenvalue weighted by Gasteiger charge is -2.15. The quantitative estimate of drug-likeness (QED) is 0.685. The van der Waals surface area contributed by atoms with E-state index in [0.717, 1.165) is 11.3 Å². The lowest BCUT2D eigenvalue weighted by atomic mass is 10.0. The molecule has 0 aliphatic carbocycles. The van der Waals surface area contributed by atoms with Crippen LogP contribution in [-0.4, -0.2) is 38.5 Å². The molecule has 1 aromatic heterocycles. The van der Waals surface area contributed by atoms with E-state index in [0.29, 0.717) is 6.42 Å². The Hall–Kier alpha value is -1.45. The van der Waals surface area contributed by atoms with E-state index < -0.39 is 27.9 Å². The normalized spacial score (nSPS) is 13.1. The van der Waals surface area contributed by atoms with Crippen LogP contribution < -0.4 is 10.0 Å². The Morgan fingerprint density at radius 3 is 2.48 bits per heavy atom. The first-order valence-electron chi connectivity index (χ1n) is 6.23. The number of nitrogens with one attached hydrogen (secondary N) is 2. The number of carboxylic acids is 1.